The maximum absolute atomic E-state index is 12.8. The van der Waals surface area contributed by atoms with Crippen LogP contribution in [0.3, 0.4) is 0 Å². The van der Waals surface area contributed by atoms with E-state index in [4.69, 9.17) is 10.8 Å². The van der Waals surface area contributed by atoms with Gasteiger partial charge in [0.1, 0.15) is 0 Å². The van der Waals surface area contributed by atoms with E-state index in [2.05, 4.69) is 54.4 Å². The molecule has 1 aliphatic heterocycles. The van der Waals surface area contributed by atoms with Gasteiger partial charge in [0, 0.05) is 48.3 Å². The SMILES string of the molecule is CCCCC(Cc1c[nH]c2ccccc12)NC(=O)C(=N)NC(=N)N1C[C@@H](C)N(C)[C@@H](C)C1. The maximum Gasteiger partial charge on any atom is 0.286 e. The Balaban J connectivity index is 1.60. The fraction of sp³-hybridized carbons (Fsp3) is 0.542. The number of benzene rings is 1. The fourth-order valence-corrected chi connectivity index (χ4v) is 4.34. The number of piperazine rings is 1. The van der Waals surface area contributed by atoms with E-state index in [1.54, 1.807) is 0 Å². The molecule has 1 amide bonds. The highest BCUT2D eigenvalue weighted by molar-refractivity contribution is 6.39. The Morgan fingerprint density at radius 2 is 1.91 bits per heavy atom. The van der Waals surface area contributed by atoms with Gasteiger partial charge in [0.25, 0.3) is 5.91 Å². The van der Waals surface area contributed by atoms with Crippen LogP contribution in [0.5, 0.6) is 0 Å². The van der Waals surface area contributed by atoms with Crippen molar-refractivity contribution in [2.75, 3.05) is 20.1 Å². The lowest BCUT2D eigenvalue weighted by Crippen LogP contribution is -2.60. The number of aromatic nitrogens is 1. The molecule has 1 fully saturated rings. The average Bonchev–Trinajstić information content (AvgIpc) is 3.18. The van der Waals surface area contributed by atoms with Crippen LogP contribution in [-0.2, 0) is 11.2 Å². The Bertz CT molecular complexity index is 941. The summed E-state index contributed by atoms with van der Waals surface area (Å²) in [7, 11) is 2.09. The van der Waals surface area contributed by atoms with Crippen molar-refractivity contribution >= 4 is 28.6 Å². The van der Waals surface area contributed by atoms with Crippen LogP contribution >= 0.6 is 0 Å². The molecule has 0 aliphatic carbocycles. The number of guanidine groups is 1. The van der Waals surface area contributed by atoms with E-state index < -0.39 is 5.91 Å². The largest absolute Gasteiger partial charge is 0.361 e. The minimum atomic E-state index is -0.467. The van der Waals surface area contributed by atoms with E-state index in [-0.39, 0.29) is 17.8 Å². The molecule has 2 aromatic rings. The number of nitrogens with zero attached hydrogens (tertiary/aromatic N) is 2. The van der Waals surface area contributed by atoms with Gasteiger partial charge in [-0.1, -0.05) is 38.0 Å². The normalized spacial score (nSPS) is 20.2. The summed E-state index contributed by atoms with van der Waals surface area (Å²) >= 11 is 0. The van der Waals surface area contributed by atoms with E-state index in [0.29, 0.717) is 31.6 Å². The molecular weight excluding hydrogens is 402 g/mol. The van der Waals surface area contributed by atoms with Crippen molar-refractivity contribution in [3.05, 3.63) is 36.0 Å². The second kappa shape index (κ2) is 10.6. The first-order chi connectivity index (χ1) is 15.3. The number of aromatic amines is 1. The number of hydrogen-bond donors (Lipinski definition) is 5. The van der Waals surface area contributed by atoms with Crippen molar-refractivity contribution in [2.24, 2.45) is 0 Å². The molecule has 1 saturated heterocycles. The number of amidine groups is 1. The summed E-state index contributed by atoms with van der Waals surface area (Å²) in [4.78, 5) is 20.3. The zero-order valence-corrected chi connectivity index (χ0v) is 19.7. The summed E-state index contributed by atoms with van der Waals surface area (Å²) in [6, 6.07) is 8.69. The number of hydrogen-bond acceptors (Lipinski definition) is 4. The van der Waals surface area contributed by atoms with Crippen LogP contribution in [0.2, 0.25) is 0 Å². The smallest absolute Gasteiger partial charge is 0.286 e. The fourth-order valence-electron chi connectivity index (χ4n) is 4.34. The molecule has 0 bridgehead atoms. The first kappa shape index (κ1) is 23.8. The Morgan fingerprint density at radius 1 is 1.22 bits per heavy atom. The van der Waals surface area contributed by atoms with Gasteiger partial charge in [-0.05, 0) is 45.4 Å². The highest BCUT2D eigenvalue weighted by Crippen LogP contribution is 2.20. The van der Waals surface area contributed by atoms with E-state index in [1.165, 1.54) is 0 Å². The van der Waals surface area contributed by atoms with Crippen LogP contribution in [0.25, 0.3) is 10.9 Å². The van der Waals surface area contributed by atoms with E-state index in [1.807, 2.05) is 29.3 Å². The number of nitrogens with one attached hydrogen (secondary N) is 5. The van der Waals surface area contributed by atoms with Crippen molar-refractivity contribution in [1.82, 2.24) is 25.4 Å². The second-order valence-corrected chi connectivity index (χ2v) is 8.99. The molecule has 3 atom stereocenters. The Labute approximate surface area is 190 Å². The molecule has 1 aromatic heterocycles. The summed E-state index contributed by atoms with van der Waals surface area (Å²) in [6.45, 7) is 7.77. The molecule has 8 nitrogen and oxygen atoms in total. The predicted molar refractivity (Wildman–Crippen MR) is 130 cm³/mol. The quantitative estimate of drug-likeness (QED) is 0.352. The number of rotatable bonds is 6. The molecule has 1 unspecified atom stereocenters. The predicted octanol–water partition coefficient (Wildman–Crippen LogP) is 2.91. The van der Waals surface area contributed by atoms with Crippen molar-refractivity contribution in [3.63, 3.8) is 0 Å². The van der Waals surface area contributed by atoms with E-state index in [0.717, 1.165) is 35.7 Å². The minimum absolute atomic E-state index is 0.0679. The van der Waals surface area contributed by atoms with E-state index in [9.17, 15) is 4.79 Å². The van der Waals surface area contributed by atoms with Crippen molar-refractivity contribution in [3.8, 4) is 0 Å². The van der Waals surface area contributed by atoms with E-state index >= 15 is 0 Å². The highest BCUT2D eigenvalue weighted by atomic mass is 16.2. The molecule has 1 aromatic carbocycles. The highest BCUT2D eigenvalue weighted by Gasteiger charge is 2.29. The van der Waals surface area contributed by atoms with Gasteiger partial charge < -0.3 is 20.5 Å². The molecule has 0 spiro atoms. The third kappa shape index (κ3) is 5.68. The lowest BCUT2D eigenvalue weighted by atomic mass is 10.0. The number of carbonyl (C=O) groups excluding carboxylic acids is 1. The van der Waals surface area contributed by atoms with Crippen LogP contribution in [0, 0.1) is 10.8 Å². The molecule has 174 valence electrons. The summed E-state index contributed by atoms with van der Waals surface area (Å²) in [6.07, 6.45) is 5.60. The molecule has 5 N–H and O–H groups in total. The molecular formula is C24H37N7O. The number of para-hydroxylation sites is 1. The van der Waals surface area contributed by atoms with Crippen LogP contribution in [0.4, 0.5) is 0 Å². The van der Waals surface area contributed by atoms with Gasteiger partial charge in [0.15, 0.2) is 11.8 Å². The summed E-state index contributed by atoms with van der Waals surface area (Å²) in [5.74, 6) is -0.640. The topological polar surface area (TPSA) is 111 Å². The van der Waals surface area contributed by atoms with Crippen molar-refractivity contribution in [2.45, 2.75) is 64.6 Å². The molecule has 0 saturated carbocycles. The molecule has 1 aliphatic rings. The van der Waals surface area contributed by atoms with Crippen LogP contribution in [0.15, 0.2) is 30.5 Å². The van der Waals surface area contributed by atoms with Gasteiger partial charge in [-0.25, -0.2) is 0 Å². The van der Waals surface area contributed by atoms with Gasteiger partial charge >= 0.3 is 0 Å². The number of unbranched alkanes of at least 4 members (excludes halogenated alkanes) is 1. The number of fused-ring (bicyclic) bond motifs is 1. The molecule has 8 heteroatoms. The van der Waals surface area contributed by atoms with Gasteiger partial charge in [0.05, 0.1) is 0 Å². The van der Waals surface area contributed by atoms with Crippen LogP contribution in [0.1, 0.15) is 45.6 Å². The zero-order valence-electron chi connectivity index (χ0n) is 19.7. The van der Waals surface area contributed by atoms with Gasteiger partial charge in [-0.15, -0.1) is 0 Å². The van der Waals surface area contributed by atoms with Crippen molar-refractivity contribution in [1.29, 1.82) is 10.8 Å². The summed E-state index contributed by atoms with van der Waals surface area (Å²) in [5.41, 5.74) is 2.25. The Hall–Kier alpha value is -2.87. The Kier molecular flexibility index (Phi) is 7.90. The third-order valence-corrected chi connectivity index (χ3v) is 6.53. The van der Waals surface area contributed by atoms with Gasteiger partial charge in [-0.3, -0.25) is 20.5 Å². The second-order valence-electron chi connectivity index (χ2n) is 8.99. The molecule has 32 heavy (non-hydrogen) atoms. The number of carbonyl (C=O) groups is 1. The van der Waals surface area contributed by atoms with Crippen LogP contribution < -0.4 is 10.6 Å². The number of amides is 1. The molecule has 3 rings (SSSR count). The van der Waals surface area contributed by atoms with Gasteiger partial charge in [0.2, 0.25) is 0 Å². The third-order valence-electron chi connectivity index (χ3n) is 6.53. The lowest BCUT2D eigenvalue weighted by Gasteiger charge is -2.43. The maximum atomic E-state index is 12.8. The molecule has 0 radical (unpaired) electrons. The minimum Gasteiger partial charge on any atom is -0.361 e. The van der Waals surface area contributed by atoms with Crippen LogP contribution in [-0.4, -0.2) is 70.7 Å². The Morgan fingerprint density at radius 3 is 2.59 bits per heavy atom. The first-order valence-corrected chi connectivity index (χ1v) is 11.6. The molecule has 2 heterocycles. The summed E-state index contributed by atoms with van der Waals surface area (Å²) in [5, 5.41) is 23.5. The number of H-pyrrole nitrogens is 1. The van der Waals surface area contributed by atoms with Gasteiger partial charge in [-0.2, -0.15) is 0 Å². The van der Waals surface area contributed by atoms with Crippen molar-refractivity contribution < 1.29 is 4.79 Å². The summed E-state index contributed by atoms with van der Waals surface area (Å²) < 4.78 is 0. The first-order valence-electron chi connectivity index (χ1n) is 11.6. The average molecular weight is 440 g/mol. The zero-order chi connectivity index (χ0) is 23.3. The standard InChI is InChI=1S/C24H37N7O/c1-5-6-9-19(12-18-13-27-21-11-8-7-10-20(18)21)28-23(32)22(25)29-24(26)31-14-16(2)30(4)17(3)15-31/h7-8,10-11,13,16-17,19,27H,5-6,9,12,14-15H2,1-4H3,(H,28,32)(H3,25,26,29)/t16-,17+,19?. The lowest BCUT2D eigenvalue weighted by molar-refractivity contribution is -0.115. The monoisotopic (exact) mass is 439 g/mol. The number of likely N-dealkylation sites (N-methyl/N-ethyl adjacent to an activating group) is 1.